The molecule has 1 aromatic carbocycles. The smallest absolute Gasteiger partial charge is 0.234 e. The lowest BCUT2D eigenvalue weighted by Crippen LogP contribution is -2.33. The van der Waals surface area contributed by atoms with Gasteiger partial charge in [0.15, 0.2) is 0 Å². The molecule has 0 saturated heterocycles. The second-order valence-electron chi connectivity index (χ2n) is 4.21. The van der Waals surface area contributed by atoms with Gasteiger partial charge in [-0.3, -0.25) is 9.48 Å². The third-order valence-electron chi connectivity index (χ3n) is 2.73. The summed E-state index contributed by atoms with van der Waals surface area (Å²) < 4.78 is 1.68. The average molecular weight is 259 g/mol. The molecule has 100 valence electrons. The van der Waals surface area contributed by atoms with Crippen molar-refractivity contribution in [2.24, 2.45) is 7.05 Å². The van der Waals surface area contributed by atoms with Gasteiger partial charge in [0.05, 0.1) is 18.4 Å². The lowest BCUT2D eigenvalue weighted by atomic mass is 10.2. The molecule has 0 saturated carbocycles. The molecule has 0 aliphatic carbocycles. The molecule has 0 fully saturated rings. The second kappa shape index (κ2) is 6.65. The number of carbonyl (C=O) groups is 1. The Morgan fingerprint density at radius 3 is 2.74 bits per heavy atom. The number of rotatable bonds is 6. The Hall–Kier alpha value is -2.21. The van der Waals surface area contributed by atoms with Gasteiger partial charge in [0.1, 0.15) is 0 Å². The minimum Gasteiger partial charge on any atom is -0.351 e. The van der Waals surface area contributed by atoms with Crippen LogP contribution in [0.25, 0.3) is 0 Å². The highest BCUT2D eigenvalue weighted by atomic mass is 16.1. The van der Waals surface area contributed by atoms with Crippen LogP contribution >= 0.6 is 0 Å². The number of carbonyl (C=O) groups excluding carboxylic acids is 1. The van der Waals surface area contributed by atoms with Gasteiger partial charge in [0, 0.05) is 20.1 Å². The molecule has 19 heavy (non-hydrogen) atoms. The number of hydrogen-bond donors (Lipinski definition) is 2. The maximum absolute atomic E-state index is 11.6. The van der Waals surface area contributed by atoms with Crippen molar-refractivity contribution in [1.29, 1.82) is 0 Å². The first-order valence-electron chi connectivity index (χ1n) is 6.10. The van der Waals surface area contributed by atoms with E-state index in [9.17, 15) is 4.79 Å². The largest absolute Gasteiger partial charge is 0.351 e. The molecule has 0 atom stereocenters. The van der Waals surface area contributed by atoms with Crippen LogP contribution in [0.2, 0.25) is 0 Å². The van der Waals surface area contributed by atoms with Gasteiger partial charge < -0.3 is 10.6 Å². The van der Waals surface area contributed by atoms with Gasteiger partial charge in [-0.15, -0.1) is 5.10 Å². The highest BCUT2D eigenvalue weighted by Gasteiger charge is 2.03. The zero-order valence-electron chi connectivity index (χ0n) is 10.8. The monoisotopic (exact) mass is 259 g/mol. The first-order chi connectivity index (χ1) is 9.25. The van der Waals surface area contributed by atoms with Crippen LogP contribution in [0.1, 0.15) is 11.3 Å². The second-order valence-corrected chi connectivity index (χ2v) is 4.21. The molecule has 0 aliphatic heterocycles. The quantitative estimate of drug-likeness (QED) is 0.778. The topological polar surface area (TPSA) is 71.8 Å². The van der Waals surface area contributed by atoms with Crippen LogP contribution in [0.4, 0.5) is 0 Å². The Kier molecular flexibility index (Phi) is 4.63. The first-order valence-corrected chi connectivity index (χ1v) is 6.10. The normalized spacial score (nSPS) is 10.4. The molecule has 0 aliphatic rings. The molecule has 6 nitrogen and oxygen atoms in total. The van der Waals surface area contributed by atoms with E-state index in [-0.39, 0.29) is 12.5 Å². The summed E-state index contributed by atoms with van der Waals surface area (Å²) in [6.45, 7) is 1.40. The number of aryl methyl sites for hydroxylation is 1. The number of amides is 1. The van der Waals surface area contributed by atoms with E-state index in [0.29, 0.717) is 13.1 Å². The molecule has 2 rings (SSSR count). The zero-order chi connectivity index (χ0) is 13.5. The molecule has 0 radical (unpaired) electrons. The van der Waals surface area contributed by atoms with Gasteiger partial charge in [-0.05, 0) is 5.56 Å². The van der Waals surface area contributed by atoms with E-state index in [1.54, 1.807) is 10.9 Å². The molecule has 6 heteroatoms. The molecular weight excluding hydrogens is 242 g/mol. The van der Waals surface area contributed by atoms with Crippen molar-refractivity contribution in [3.63, 3.8) is 0 Å². The maximum atomic E-state index is 11.6. The van der Waals surface area contributed by atoms with Crippen molar-refractivity contribution in [2.45, 2.75) is 13.1 Å². The summed E-state index contributed by atoms with van der Waals surface area (Å²) in [4.78, 5) is 11.6. The van der Waals surface area contributed by atoms with E-state index in [2.05, 4.69) is 20.9 Å². The molecule has 0 unspecified atom stereocenters. The number of nitrogens with one attached hydrogen (secondary N) is 2. The predicted octanol–water partition coefficient (Wildman–Crippen LogP) is 0.221. The Labute approximate surface area is 111 Å². The van der Waals surface area contributed by atoms with Crippen molar-refractivity contribution in [1.82, 2.24) is 25.6 Å². The van der Waals surface area contributed by atoms with E-state index < -0.39 is 0 Å². The summed E-state index contributed by atoms with van der Waals surface area (Å²) in [5.41, 5.74) is 2.03. The van der Waals surface area contributed by atoms with Crippen LogP contribution in [0, 0.1) is 0 Å². The molecule has 1 aromatic heterocycles. The van der Waals surface area contributed by atoms with Crippen molar-refractivity contribution < 1.29 is 4.79 Å². The van der Waals surface area contributed by atoms with Crippen LogP contribution < -0.4 is 10.6 Å². The van der Waals surface area contributed by atoms with Crippen molar-refractivity contribution in [3.05, 3.63) is 47.8 Å². The molecule has 2 N–H and O–H groups in total. The Morgan fingerprint density at radius 1 is 1.26 bits per heavy atom. The number of nitrogens with zero attached hydrogens (tertiary/aromatic N) is 3. The fourth-order valence-corrected chi connectivity index (χ4v) is 1.63. The van der Waals surface area contributed by atoms with Crippen LogP contribution in [-0.2, 0) is 24.9 Å². The number of aromatic nitrogens is 3. The SMILES string of the molecule is Cn1nncc1CNCC(=O)NCc1ccccc1. The molecule has 0 bridgehead atoms. The van der Waals surface area contributed by atoms with Crippen LogP contribution in [-0.4, -0.2) is 27.4 Å². The predicted molar refractivity (Wildman–Crippen MR) is 71.0 cm³/mol. The molecule has 2 aromatic rings. The third kappa shape index (κ3) is 4.18. The van der Waals surface area contributed by atoms with E-state index in [1.165, 1.54) is 0 Å². The summed E-state index contributed by atoms with van der Waals surface area (Å²) in [5, 5.41) is 13.5. The van der Waals surface area contributed by atoms with E-state index in [4.69, 9.17) is 0 Å². The van der Waals surface area contributed by atoms with Crippen molar-refractivity contribution in [2.75, 3.05) is 6.54 Å². The molecule has 0 spiro atoms. The average Bonchev–Trinajstić information content (AvgIpc) is 2.83. The van der Waals surface area contributed by atoms with Crippen LogP contribution in [0.15, 0.2) is 36.5 Å². The van der Waals surface area contributed by atoms with Gasteiger partial charge in [-0.1, -0.05) is 35.5 Å². The Bertz CT molecular complexity index is 523. The van der Waals surface area contributed by atoms with Gasteiger partial charge in [0.25, 0.3) is 0 Å². The first kappa shape index (κ1) is 13.2. The van der Waals surface area contributed by atoms with Crippen LogP contribution in [0.3, 0.4) is 0 Å². The van der Waals surface area contributed by atoms with E-state index >= 15 is 0 Å². The highest BCUT2D eigenvalue weighted by Crippen LogP contribution is 1.96. The summed E-state index contributed by atoms with van der Waals surface area (Å²) in [6.07, 6.45) is 1.68. The summed E-state index contributed by atoms with van der Waals surface area (Å²) >= 11 is 0. The third-order valence-corrected chi connectivity index (χ3v) is 2.73. The van der Waals surface area contributed by atoms with Gasteiger partial charge >= 0.3 is 0 Å². The summed E-state index contributed by atoms with van der Waals surface area (Å²) in [6, 6.07) is 9.82. The summed E-state index contributed by atoms with van der Waals surface area (Å²) in [5.74, 6) is -0.0287. The maximum Gasteiger partial charge on any atom is 0.234 e. The number of hydrogen-bond acceptors (Lipinski definition) is 4. The minimum absolute atomic E-state index is 0.0287. The van der Waals surface area contributed by atoms with Crippen LogP contribution in [0.5, 0.6) is 0 Å². The Balaban J connectivity index is 1.66. The van der Waals surface area contributed by atoms with E-state index in [1.807, 2.05) is 37.4 Å². The highest BCUT2D eigenvalue weighted by molar-refractivity contribution is 5.77. The van der Waals surface area contributed by atoms with Crippen molar-refractivity contribution >= 4 is 5.91 Å². The fraction of sp³-hybridized carbons (Fsp3) is 0.308. The standard InChI is InChI=1S/C13H17N5O/c1-18-12(9-16-17-18)8-14-10-13(19)15-7-11-5-3-2-4-6-11/h2-6,9,14H,7-8,10H2,1H3,(H,15,19). The van der Waals surface area contributed by atoms with Gasteiger partial charge in [-0.25, -0.2) is 0 Å². The fourth-order valence-electron chi connectivity index (χ4n) is 1.63. The Morgan fingerprint density at radius 2 is 2.05 bits per heavy atom. The molecule has 1 amide bonds. The minimum atomic E-state index is -0.0287. The molecular formula is C13H17N5O. The van der Waals surface area contributed by atoms with E-state index in [0.717, 1.165) is 11.3 Å². The van der Waals surface area contributed by atoms with Gasteiger partial charge in [-0.2, -0.15) is 0 Å². The summed E-state index contributed by atoms with van der Waals surface area (Å²) in [7, 11) is 1.82. The zero-order valence-corrected chi connectivity index (χ0v) is 10.8. The lowest BCUT2D eigenvalue weighted by Gasteiger charge is -2.06. The number of benzene rings is 1. The lowest BCUT2D eigenvalue weighted by molar-refractivity contribution is -0.120. The van der Waals surface area contributed by atoms with Crippen molar-refractivity contribution in [3.8, 4) is 0 Å². The molecule has 1 heterocycles. The van der Waals surface area contributed by atoms with Gasteiger partial charge in [0.2, 0.25) is 5.91 Å².